The summed E-state index contributed by atoms with van der Waals surface area (Å²) in [5, 5.41) is 0. The van der Waals surface area contributed by atoms with Crippen LogP contribution in [0.15, 0.2) is 24.3 Å². The van der Waals surface area contributed by atoms with Crippen molar-refractivity contribution >= 4 is 12.0 Å². The molecule has 5 nitrogen and oxygen atoms in total. The van der Waals surface area contributed by atoms with Crippen LogP contribution in [0.1, 0.15) is 31.9 Å². The summed E-state index contributed by atoms with van der Waals surface area (Å²) < 4.78 is 4.98. The van der Waals surface area contributed by atoms with Gasteiger partial charge in [0, 0.05) is 5.56 Å². The number of hydrazine groups is 1. The third-order valence-corrected chi connectivity index (χ3v) is 2.19. The lowest BCUT2D eigenvalue weighted by atomic mass is 10.1. The summed E-state index contributed by atoms with van der Waals surface area (Å²) in [6, 6.07) is 7.04. The van der Waals surface area contributed by atoms with Crippen molar-refractivity contribution in [3.05, 3.63) is 35.4 Å². The summed E-state index contributed by atoms with van der Waals surface area (Å²) in [7, 11) is 0. The fraction of sp³-hybridized carbons (Fsp3) is 0.333. The Morgan fingerprint density at radius 1 is 1.20 bits per heavy atom. The standard InChI is InChI=1S/C15H18N2O3/c1-5-11-6-8-12(9-7-11)10-13(18)16-17-14(19)20-15(2,3)4/h1,6-9H,10H2,2-4H3,(H,16,18)(H,17,19). The van der Waals surface area contributed by atoms with Crippen molar-refractivity contribution < 1.29 is 14.3 Å². The van der Waals surface area contributed by atoms with Crippen molar-refractivity contribution in [3.63, 3.8) is 0 Å². The first-order valence-corrected chi connectivity index (χ1v) is 6.13. The fourth-order valence-corrected chi connectivity index (χ4v) is 1.37. The van der Waals surface area contributed by atoms with E-state index in [4.69, 9.17) is 11.2 Å². The van der Waals surface area contributed by atoms with Gasteiger partial charge in [0.25, 0.3) is 0 Å². The van der Waals surface area contributed by atoms with Crippen LogP contribution in [0, 0.1) is 12.3 Å². The normalized spacial score (nSPS) is 10.3. The Labute approximate surface area is 118 Å². The summed E-state index contributed by atoms with van der Waals surface area (Å²) in [5.74, 6) is 2.15. The van der Waals surface area contributed by atoms with Crippen molar-refractivity contribution in [1.82, 2.24) is 10.9 Å². The van der Waals surface area contributed by atoms with E-state index in [9.17, 15) is 9.59 Å². The molecule has 106 valence electrons. The Balaban J connectivity index is 2.40. The lowest BCUT2D eigenvalue weighted by Gasteiger charge is -2.19. The summed E-state index contributed by atoms with van der Waals surface area (Å²) in [4.78, 5) is 22.9. The number of hydrogen-bond donors (Lipinski definition) is 2. The maximum atomic E-state index is 11.6. The van der Waals surface area contributed by atoms with Crippen LogP contribution in [0.4, 0.5) is 4.79 Å². The Morgan fingerprint density at radius 3 is 2.30 bits per heavy atom. The molecule has 20 heavy (non-hydrogen) atoms. The highest BCUT2D eigenvalue weighted by molar-refractivity contribution is 5.81. The van der Waals surface area contributed by atoms with Gasteiger partial charge in [-0.1, -0.05) is 18.1 Å². The number of benzene rings is 1. The Morgan fingerprint density at radius 2 is 1.80 bits per heavy atom. The average Bonchev–Trinajstić information content (AvgIpc) is 2.35. The Hall–Kier alpha value is -2.48. The number of carbonyl (C=O) groups is 2. The molecule has 0 unspecified atom stereocenters. The molecule has 0 saturated carbocycles. The molecular weight excluding hydrogens is 256 g/mol. The predicted molar refractivity (Wildman–Crippen MR) is 75.6 cm³/mol. The van der Waals surface area contributed by atoms with E-state index in [-0.39, 0.29) is 12.3 Å². The van der Waals surface area contributed by atoms with Crippen molar-refractivity contribution in [2.45, 2.75) is 32.8 Å². The van der Waals surface area contributed by atoms with Crippen LogP contribution in [-0.4, -0.2) is 17.6 Å². The van der Waals surface area contributed by atoms with Gasteiger partial charge in [0.05, 0.1) is 6.42 Å². The van der Waals surface area contributed by atoms with Gasteiger partial charge in [0.15, 0.2) is 0 Å². The first kappa shape index (κ1) is 15.6. The van der Waals surface area contributed by atoms with Gasteiger partial charge in [0.1, 0.15) is 5.60 Å². The highest BCUT2D eigenvalue weighted by atomic mass is 16.6. The van der Waals surface area contributed by atoms with Crippen molar-refractivity contribution in [2.75, 3.05) is 0 Å². The van der Waals surface area contributed by atoms with Gasteiger partial charge < -0.3 is 4.74 Å². The number of amides is 2. The number of ether oxygens (including phenoxy) is 1. The summed E-state index contributed by atoms with van der Waals surface area (Å²) in [6.07, 6.45) is 4.68. The summed E-state index contributed by atoms with van der Waals surface area (Å²) >= 11 is 0. The zero-order valence-corrected chi connectivity index (χ0v) is 11.8. The van der Waals surface area contributed by atoms with Crippen molar-refractivity contribution in [1.29, 1.82) is 0 Å². The maximum absolute atomic E-state index is 11.6. The average molecular weight is 274 g/mol. The summed E-state index contributed by atoms with van der Waals surface area (Å²) in [6.45, 7) is 5.21. The van der Waals surface area contributed by atoms with Gasteiger partial charge in [-0.2, -0.15) is 0 Å². The van der Waals surface area contributed by atoms with E-state index in [2.05, 4.69) is 16.8 Å². The van der Waals surface area contributed by atoms with Crippen LogP contribution in [0.25, 0.3) is 0 Å². The molecule has 2 N–H and O–H groups in total. The molecule has 0 spiro atoms. The first-order valence-electron chi connectivity index (χ1n) is 6.13. The molecule has 0 bridgehead atoms. The number of terminal acetylenes is 1. The van der Waals surface area contributed by atoms with Crippen LogP contribution in [0.3, 0.4) is 0 Å². The molecule has 0 fully saturated rings. The Kier molecular flexibility index (Phi) is 5.15. The third kappa shape index (κ3) is 5.91. The molecule has 2 amide bonds. The second kappa shape index (κ2) is 6.62. The lowest BCUT2D eigenvalue weighted by molar-refractivity contribution is -0.121. The molecule has 5 heteroatoms. The smallest absolute Gasteiger partial charge is 0.426 e. The van der Waals surface area contributed by atoms with E-state index in [1.807, 2.05) is 0 Å². The van der Waals surface area contributed by atoms with E-state index in [0.29, 0.717) is 0 Å². The van der Waals surface area contributed by atoms with Crippen LogP contribution in [0.2, 0.25) is 0 Å². The molecule has 1 rings (SSSR count). The number of hydrogen-bond acceptors (Lipinski definition) is 3. The maximum Gasteiger partial charge on any atom is 0.426 e. The minimum atomic E-state index is -0.700. The van der Waals surface area contributed by atoms with E-state index in [0.717, 1.165) is 11.1 Å². The number of carbonyl (C=O) groups excluding carboxylic acids is 2. The fourth-order valence-electron chi connectivity index (χ4n) is 1.37. The molecule has 0 saturated heterocycles. The molecular formula is C15H18N2O3. The first-order chi connectivity index (χ1) is 9.30. The van der Waals surface area contributed by atoms with Crippen molar-refractivity contribution in [3.8, 4) is 12.3 Å². The molecule has 0 aliphatic carbocycles. The number of rotatable bonds is 2. The Bertz CT molecular complexity index is 522. The molecule has 0 heterocycles. The molecule has 0 atom stereocenters. The molecule has 0 aliphatic heterocycles. The van der Waals surface area contributed by atoms with Gasteiger partial charge in [-0.15, -0.1) is 6.42 Å². The zero-order valence-electron chi connectivity index (χ0n) is 11.8. The predicted octanol–water partition coefficient (Wildman–Crippen LogP) is 1.77. The van der Waals surface area contributed by atoms with Crippen LogP contribution in [0.5, 0.6) is 0 Å². The van der Waals surface area contributed by atoms with Crippen LogP contribution < -0.4 is 10.9 Å². The highest BCUT2D eigenvalue weighted by Gasteiger charge is 2.16. The van der Waals surface area contributed by atoms with Crippen molar-refractivity contribution in [2.24, 2.45) is 0 Å². The minimum Gasteiger partial charge on any atom is -0.443 e. The summed E-state index contributed by atoms with van der Waals surface area (Å²) in [5.41, 5.74) is 5.41. The van der Waals surface area contributed by atoms with Gasteiger partial charge in [-0.05, 0) is 38.5 Å². The second-order valence-electron chi connectivity index (χ2n) is 5.19. The zero-order chi connectivity index (χ0) is 15.2. The van der Waals surface area contributed by atoms with Gasteiger partial charge in [0.2, 0.25) is 5.91 Å². The van der Waals surface area contributed by atoms with Gasteiger partial charge in [-0.3, -0.25) is 10.2 Å². The quantitative estimate of drug-likeness (QED) is 0.638. The molecule has 0 radical (unpaired) electrons. The topological polar surface area (TPSA) is 67.4 Å². The second-order valence-corrected chi connectivity index (χ2v) is 5.19. The monoisotopic (exact) mass is 274 g/mol. The third-order valence-electron chi connectivity index (χ3n) is 2.19. The molecule has 0 aromatic heterocycles. The van der Waals surface area contributed by atoms with E-state index in [1.165, 1.54) is 0 Å². The molecule has 1 aromatic rings. The van der Waals surface area contributed by atoms with E-state index < -0.39 is 11.7 Å². The minimum absolute atomic E-state index is 0.140. The highest BCUT2D eigenvalue weighted by Crippen LogP contribution is 2.06. The van der Waals surface area contributed by atoms with Gasteiger partial charge in [-0.25, -0.2) is 10.2 Å². The van der Waals surface area contributed by atoms with E-state index >= 15 is 0 Å². The molecule has 0 aliphatic rings. The SMILES string of the molecule is C#Cc1ccc(CC(=O)NNC(=O)OC(C)(C)C)cc1. The lowest BCUT2D eigenvalue weighted by Crippen LogP contribution is -2.44. The van der Waals surface area contributed by atoms with Crippen LogP contribution >= 0.6 is 0 Å². The molecule has 1 aromatic carbocycles. The largest absolute Gasteiger partial charge is 0.443 e. The van der Waals surface area contributed by atoms with Gasteiger partial charge >= 0.3 is 6.09 Å². The number of nitrogens with one attached hydrogen (secondary N) is 2. The van der Waals surface area contributed by atoms with E-state index in [1.54, 1.807) is 45.0 Å². The van der Waals surface area contributed by atoms with Crippen LogP contribution in [-0.2, 0) is 16.0 Å².